The van der Waals surface area contributed by atoms with Gasteiger partial charge in [-0.25, -0.2) is 8.78 Å². The topological polar surface area (TPSA) is 43.1 Å². The zero-order valence-corrected chi connectivity index (χ0v) is 7.03. The van der Waals surface area contributed by atoms with Gasteiger partial charge in [-0.15, -0.1) is 0 Å². The Labute approximate surface area is 74.3 Å². The minimum absolute atomic E-state index is 0.103. The Morgan fingerprint density at radius 1 is 1.31 bits per heavy atom. The summed E-state index contributed by atoms with van der Waals surface area (Å²) >= 11 is 0. The molecule has 5 unspecified atom stereocenters. The number of fused-ring (bicyclic) bond motifs is 1. The fourth-order valence-corrected chi connectivity index (χ4v) is 2.29. The number of hydrogen-bond acceptors (Lipinski definition) is 2. The van der Waals surface area contributed by atoms with Gasteiger partial charge in [0.1, 0.15) is 12.3 Å². The van der Waals surface area contributed by atoms with Crippen LogP contribution in [-0.4, -0.2) is 23.3 Å². The van der Waals surface area contributed by atoms with Gasteiger partial charge < -0.3 is 0 Å². The molecular formula is C8H11F2NO2. The van der Waals surface area contributed by atoms with Crippen LogP contribution in [0.3, 0.4) is 0 Å². The van der Waals surface area contributed by atoms with E-state index in [1.165, 1.54) is 0 Å². The van der Waals surface area contributed by atoms with Crippen LogP contribution >= 0.6 is 0 Å². The number of nitro groups is 1. The Morgan fingerprint density at radius 2 is 2.00 bits per heavy atom. The molecular weight excluding hydrogens is 180 g/mol. The summed E-state index contributed by atoms with van der Waals surface area (Å²) in [6.07, 6.45) is -1.65. The Morgan fingerprint density at radius 3 is 2.62 bits per heavy atom. The van der Waals surface area contributed by atoms with Crippen LogP contribution in [0.15, 0.2) is 0 Å². The van der Waals surface area contributed by atoms with Gasteiger partial charge in [-0.2, -0.15) is 0 Å². The summed E-state index contributed by atoms with van der Waals surface area (Å²) in [5.41, 5.74) is 0. The summed E-state index contributed by atoms with van der Waals surface area (Å²) in [6, 6.07) is -0.796. The van der Waals surface area contributed by atoms with Crippen molar-refractivity contribution in [2.24, 2.45) is 11.8 Å². The quantitative estimate of drug-likeness (QED) is 0.468. The van der Waals surface area contributed by atoms with Gasteiger partial charge in [0.2, 0.25) is 6.04 Å². The van der Waals surface area contributed by atoms with Crippen LogP contribution in [0.1, 0.15) is 19.3 Å². The summed E-state index contributed by atoms with van der Waals surface area (Å²) in [4.78, 5) is 9.96. The molecule has 3 nitrogen and oxygen atoms in total. The summed E-state index contributed by atoms with van der Waals surface area (Å²) in [6.45, 7) is 0. The smallest absolute Gasteiger partial charge is 0.215 e. The van der Waals surface area contributed by atoms with Crippen LogP contribution in [0, 0.1) is 22.0 Å². The molecule has 5 heteroatoms. The summed E-state index contributed by atoms with van der Waals surface area (Å²) in [7, 11) is 0. The van der Waals surface area contributed by atoms with Gasteiger partial charge in [0.25, 0.3) is 0 Å². The van der Waals surface area contributed by atoms with Crippen molar-refractivity contribution in [3.63, 3.8) is 0 Å². The van der Waals surface area contributed by atoms with Crippen LogP contribution < -0.4 is 0 Å². The lowest BCUT2D eigenvalue weighted by Gasteiger charge is -2.08. The second kappa shape index (κ2) is 2.89. The van der Waals surface area contributed by atoms with Crippen LogP contribution in [-0.2, 0) is 0 Å². The van der Waals surface area contributed by atoms with E-state index in [1.54, 1.807) is 0 Å². The number of alkyl halides is 2. The number of halogens is 2. The third kappa shape index (κ3) is 1.40. The Kier molecular flexibility index (Phi) is 1.96. The van der Waals surface area contributed by atoms with E-state index < -0.39 is 29.2 Å². The average molecular weight is 191 g/mol. The first-order chi connectivity index (χ1) is 6.11. The van der Waals surface area contributed by atoms with E-state index in [-0.39, 0.29) is 12.3 Å². The minimum Gasteiger partial charge on any atom is -0.264 e. The molecule has 0 N–H and O–H groups in total. The molecule has 0 aromatic rings. The highest BCUT2D eigenvalue weighted by atomic mass is 19.1. The first kappa shape index (κ1) is 8.84. The highest BCUT2D eigenvalue weighted by Gasteiger charge is 2.58. The lowest BCUT2D eigenvalue weighted by atomic mass is 10.1. The summed E-state index contributed by atoms with van der Waals surface area (Å²) in [5, 5.41) is 10.4. The van der Waals surface area contributed by atoms with Crippen molar-refractivity contribution in [1.82, 2.24) is 0 Å². The first-order valence-corrected chi connectivity index (χ1v) is 4.53. The number of nitrogens with zero attached hydrogens (tertiary/aromatic N) is 1. The third-order valence-electron chi connectivity index (χ3n) is 3.18. The maximum absolute atomic E-state index is 13.2. The van der Waals surface area contributed by atoms with Gasteiger partial charge >= 0.3 is 0 Å². The number of hydrogen-bond donors (Lipinski definition) is 0. The SMILES string of the molecule is O=[N+]([O-])C1CCC2C(F)C2C(F)C1. The molecule has 2 rings (SSSR count). The molecule has 0 amide bonds. The maximum Gasteiger partial charge on any atom is 0.215 e. The molecule has 0 aromatic heterocycles. The van der Waals surface area contributed by atoms with Crippen molar-refractivity contribution in [2.75, 3.05) is 0 Å². The first-order valence-electron chi connectivity index (χ1n) is 4.53. The standard InChI is InChI=1S/C8H11F2NO2/c9-6-3-4(11(12)13)1-2-5-7(6)8(5)10/h4-8H,1-3H2. The zero-order valence-electron chi connectivity index (χ0n) is 7.03. The molecule has 0 spiro atoms. The van der Waals surface area contributed by atoms with Gasteiger partial charge in [-0.1, -0.05) is 0 Å². The number of rotatable bonds is 1. The molecule has 74 valence electrons. The monoisotopic (exact) mass is 191 g/mol. The largest absolute Gasteiger partial charge is 0.264 e. The van der Waals surface area contributed by atoms with Crippen molar-refractivity contribution < 1.29 is 13.7 Å². The molecule has 13 heavy (non-hydrogen) atoms. The van der Waals surface area contributed by atoms with Crippen LogP contribution in [0.4, 0.5) is 8.78 Å². The molecule has 0 bridgehead atoms. The van der Waals surface area contributed by atoms with E-state index in [0.717, 1.165) is 0 Å². The fraction of sp³-hybridized carbons (Fsp3) is 1.00. The van der Waals surface area contributed by atoms with E-state index >= 15 is 0 Å². The molecule has 0 heterocycles. The second-order valence-corrected chi connectivity index (χ2v) is 3.95. The predicted octanol–water partition coefficient (Wildman–Crippen LogP) is 1.74. The van der Waals surface area contributed by atoms with E-state index in [9.17, 15) is 18.9 Å². The van der Waals surface area contributed by atoms with E-state index in [1.807, 2.05) is 0 Å². The minimum atomic E-state index is -1.31. The van der Waals surface area contributed by atoms with E-state index in [2.05, 4.69) is 0 Å². The van der Waals surface area contributed by atoms with Crippen LogP contribution in [0.25, 0.3) is 0 Å². The highest BCUT2D eigenvalue weighted by molar-refractivity contribution is 5.04. The van der Waals surface area contributed by atoms with Gasteiger partial charge in [0.05, 0.1) is 0 Å². The zero-order chi connectivity index (χ0) is 9.59. The summed E-state index contributed by atoms with van der Waals surface area (Å²) < 4.78 is 26.0. The van der Waals surface area contributed by atoms with Gasteiger partial charge in [0.15, 0.2) is 0 Å². The second-order valence-electron chi connectivity index (χ2n) is 3.95. The fourth-order valence-electron chi connectivity index (χ4n) is 2.29. The Bertz CT molecular complexity index is 236. The molecule has 2 fully saturated rings. The normalized spacial score (nSPS) is 49.2. The molecule has 0 aliphatic heterocycles. The average Bonchev–Trinajstić information content (AvgIpc) is 2.72. The Hall–Kier alpha value is -0.740. The van der Waals surface area contributed by atoms with Crippen molar-refractivity contribution in [1.29, 1.82) is 0 Å². The van der Waals surface area contributed by atoms with Crippen molar-refractivity contribution in [2.45, 2.75) is 37.6 Å². The molecule has 5 atom stereocenters. The van der Waals surface area contributed by atoms with Crippen molar-refractivity contribution >= 4 is 0 Å². The van der Waals surface area contributed by atoms with Crippen molar-refractivity contribution in [3.05, 3.63) is 10.1 Å². The molecule has 2 aliphatic carbocycles. The summed E-state index contributed by atoms with van der Waals surface area (Å²) in [5.74, 6) is -0.773. The van der Waals surface area contributed by atoms with Gasteiger partial charge in [-0.05, 0) is 12.3 Å². The van der Waals surface area contributed by atoms with Gasteiger partial charge in [-0.3, -0.25) is 10.1 Å². The van der Waals surface area contributed by atoms with Crippen molar-refractivity contribution in [3.8, 4) is 0 Å². The highest BCUT2D eigenvalue weighted by Crippen LogP contribution is 2.52. The predicted molar refractivity (Wildman–Crippen MR) is 41.4 cm³/mol. The lowest BCUT2D eigenvalue weighted by molar-refractivity contribution is -0.525. The van der Waals surface area contributed by atoms with Crippen LogP contribution in [0.2, 0.25) is 0 Å². The molecule has 2 saturated carbocycles. The third-order valence-corrected chi connectivity index (χ3v) is 3.18. The maximum atomic E-state index is 13.2. The van der Waals surface area contributed by atoms with E-state index in [4.69, 9.17) is 0 Å². The molecule has 2 aliphatic rings. The van der Waals surface area contributed by atoms with E-state index in [0.29, 0.717) is 12.8 Å². The molecule has 0 aromatic carbocycles. The Balaban J connectivity index is 2.01. The lowest BCUT2D eigenvalue weighted by Crippen LogP contribution is -2.23. The molecule has 0 saturated heterocycles. The van der Waals surface area contributed by atoms with Crippen LogP contribution in [0.5, 0.6) is 0 Å². The van der Waals surface area contributed by atoms with Gasteiger partial charge in [0, 0.05) is 23.7 Å². The molecule has 0 radical (unpaired) electrons.